The molecule has 1 heterocycles. The zero-order valence-corrected chi connectivity index (χ0v) is 14.5. The molecule has 1 aromatic carbocycles. The van der Waals surface area contributed by atoms with Gasteiger partial charge in [-0.1, -0.05) is 12.1 Å². The summed E-state index contributed by atoms with van der Waals surface area (Å²) in [4.78, 5) is 14.7. The molecule has 1 N–H and O–H groups in total. The molecule has 0 spiro atoms. The van der Waals surface area contributed by atoms with Crippen molar-refractivity contribution in [3.63, 3.8) is 0 Å². The summed E-state index contributed by atoms with van der Waals surface area (Å²) in [6.07, 6.45) is 2.08. The van der Waals surface area contributed by atoms with Gasteiger partial charge in [-0.15, -0.1) is 12.4 Å². The van der Waals surface area contributed by atoms with E-state index < -0.39 is 0 Å². The van der Waals surface area contributed by atoms with Crippen LogP contribution < -0.4 is 10.1 Å². The van der Waals surface area contributed by atoms with Crippen LogP contribution >= 0.6 is 12.4 Å². The van der Waals surface area contributed by atoms with Crippen molar-refractivity contribution >= 4 is 18.3 Å². The average Bonchev–Trinajstić information content (AvgIpc) is 2.56. The van der Waals surface area contributed by atoms with Gasteiger partial charge < -0.3 is 15.0 Å². The first kappa shape index (κ1) is 18.8. The van der Waals surface area contributed by atoms with Crippen molar-refractivity contribution in [2.75, 3.05) is 26.7 Å². The molecule has 1 saturated heterocycles. The predicted molar refractivity (Wildman–Crippen MR) is 91.6 cm³/mol. The number of carbonyl (C=O) groups excluding carboxylic acids is 1. The number of nitrogens with one attached hydrogen (secondary N) is 1. The van der Waals surface area contributed by atoms with Gasteiger partial charge in [-0.05, 0) is 50.9 Å². The van der Waals surface area contributed by atoms with Crippen molar-refractivity contribution in [2.45, 2.75) is 32.7 Å². The molecule has 0 saturated carbocycles. The quantitative estimate of drug-likeness (QED) is 0.904. The molecule has 2 rings (SSSR count). The summed E-state index contributed by atoms with van der Waals surface area (Å²) in [5.41, 5.74) is 1.12. The van der Waals surface area contributed by atoms with E-state index >= 15 is 0 Å². The molecule has 22 heavy (non-hydrogen) atoms. The topological polar surface area (TPSA) is 41.6 Å². The molecule has 1 aliphatic rings. The molecule has 0 radical (unpaired) electrons. The predicted octanol–water partition coefficient (Wildman–Crippen LogP) is 3.03. The van der Waals surface area contributed by atoms with Crippen molar-refractivity contribution in [2.24, 2.45) is 5.92 Å². The van der Waals surface area contributed by atoms with Crippen molar-refractivity contribution in [1.82, 2.24) is 10.2 Å². The first-order valence-electron chi connectivity index (χ1n) is 7.82. The van der Waals surface area contributed by atoms with Gasteiger partial charge in [0.05, 0.1) is 19.1 Å². The summed E-state index contributed by atoms with van der Waals surface area (Å²) >= 11 is 0. The summed E-state index contributed by atoms with van der Waals surface area (Å²) in [5.74, 6) is 1.22. The number of carbonyl (C=O) groups is 1. The van der Waals surface area contributed by atoms with Crippen LogP contribution in [0.3, 0.4) is 0 Å². The highest BCUT2D eigenvalue weighted by atomic mass is 35.5. The first-order chi connectivity index (χ1) is 10.2. The molecule has 0 aromatic heterocycles. The van der Waals surface area contributed by atoms with Crippen molar-refractivity contribution in [3.05, 3.63) is 29.8 Å². The van der Waals surface area contributed by atoms with Crippen molar-refractivity contribution in [1.29, 1.82) is 0 Å². The lowest BCUT2D eigenvalue weighted by Gasteiger charge is -2.33. The average molecular weight is 327 g/mol. The smallest absolute Gasteiger partial charge is 0.227 e. The number of nitrogens with zero attached hydrogens (tertiary/aromatic N) is 1. The Bertz CT molecular complexity index is 475. The fourth-order valence-electron chi connectivity index (χ4n) is 3.00. The van der Waals surface area contributed by atoms with Crippen molar-refractivity contribution in [3.8, 4) is 5.75 Å². The monoisotopic (exact) mass is 326 g/mol. The molecule has 1 aliphatic heterocycles. The Morgan fingerprint density at radius 2 is 2.27 bits per heavy atom. The molecule has 124 valence electrons. The molecule has 1 fully saturated rings. The summed E-state index contributed by atoms with van der Waals surface area (Å²) < 4.78 is 5.28. The van der Waals surface area contributed by atoms with Gasteiger partial charge in [0.15, 0.2) is 0 Å². The van der Waals surface area contributed by atoms with Crippen LogP contribution in [0.5, 0.6) is 5.75 Å². The number of halogens is 1. The standard InChI is InChI=1S/C17H26N2O2.ClH/c1-4-19(17(20)15-8-6-10-18-12-15)13(2)14-7-5-9-16(11-14)21-3;/h5,7,9,11,13,15,18H,4,6,8,10,12H2,1-3H3;1H. The van der Waals surface area contributed by atoms with E-state index in [0.717, 1.165) is 43.8 Å². The molecule has 0 aliphatic carbocycles. The lowest BCUT2D eigenvalue weighted by atomic mass is 9.96. The molecule has 4 nitrogen and oxygen atoms in total. The van der Waals surface area contributed by atoms with Crippen LogP contribution in [0.1, 0.15) is 38.3 Å². The first-order valence-corrected chi connectivity index (χ1v) is 7.82. The summed E-state index contributed by atoms with van der Waals surface area (Å²) in [7, 11) is 1.67. The highest BCUT2D eigenvalue weighted by Gasteiger charge is 2.28. The summed E-state index contributed by atoms with van der Waals surface area (Å²) in [6, 6.07) is 8.05. The number of piperidine rings is 1. The molecular formula is C17H27ClN2O2. The number of hydrogen-bond acceptors (Lipinski definition) is 3. The summed E-state index contributed by atoms with van der Waals surface area (Å²) in [6.45, 7) is 6.70. The number of methoxy groups -OCH3 is 1. The van der Waals surface area contributed by atoms with Crippen LogP contribution in [0.4, 0.5) is 0 Å². The van der Waals surface area contributed by atoms with Crippen LogP contribution in [-0.2, 0) is 4.79 Å². The van der Waals surface area contributed by atoms with Gasteiger partial charge in [0, 0.05) is 13.1 Å². The van der Waals surface area contributed by atoms with Gasteiger partial charge in [0.25, 0.3) is 0 Å². The van der Waals surface area contributed by atoms with E-state index in [-0.39, 0.29) is 30.3 Å². The fraction of sp³-hybridized carbons (Fsp3) is 0.588. The van der Waals surface area contributed by atoms with Crippen LogP contribution in [0, 0.1) is 5.92 Å². The second kappa shape index (κ2) is 9.01. The Morgan fingerprint density at radius 1 is 1.50 bits per heavy atom. The largest absolute Gasteiger partial charge is 0.497 e. The van der Waals surface area contributed by atoms with E-state index in [1.54, 1.807) is 7.11 Å². The molecule has 0 bridgehead atoms. The molecule has 1 amide bonds. The third kappa shape index (κ3) is 4.37. The zero-order valence-electron chi connectivity index (χ0n) is 13.7. The Balaban J connectivity index is 0.00000242. The van der Waals surface area contributed by atoms with Crippen LogP contribution in [0.25, 0.3) is 0 Å². The summed E-state index contributed by atoms with van der Waals surface area (Å²) in [5, 5.41) is 3.32. The fourth-order valence-corrected chi connectivity index (χ4v) is 3.00. The van der Waals surface area contributed by atoms with E-state index in [2.05, 4.69) is 18.3 Å². The maximum absolute atomic E-state index is 12.8. The van der Waals surface area contributed by atoms with Gasteiger partial charge in [0.2, 0.25) is 5.91 Å². The van der Waals surface area contributed by atoms with E-state index in [1.807, 2.05) is 30.0 Å². The van der Waals surface area contributed by atoms with Gasteiger partial charge in [-0.25, -0.2) is 0 Å². The van der Waals surface area contributed by atoms with E-state index in [0.29, 0.717) is 0 Å². The van der Waals surface area contributed by atoms with E-state index in [9.17, 15) is 4.79 Å². The minimum Gasteiger partial charge on any atom is -0.497 e. The second-order valence-corrected chi connectivity index (χ2v) is 5.62. The lowest BCUT2D eigenvalue weighted by molar-refractivity contribution is -0.138. The Kier molecular flexibility index (Phi) is 7.69. The normalized spacial score (nSPS) is 19.0. The number of benzene rings is 1. The van der Waals surface area contributed by atoms with Gasteiger partial charge in [0.1, 0.15) is 5.75 Å². The Morgan fingerprint density at radius 3 is 2.86 bits per heavy atom. The molecule has 5 heteroatoms. The van der Waals surface area contributed by atoms with Gasteiger partial charge in [-0.3, -0.25) is 4.79 Å². The van der Waals surface area contributed by atoms with E-state index in [4.69, 9.17) is 4.74 Å². The van der Waals surface area contributed by atoms with Crippen LogP contribution in [0.2, 0.25) is 0 Å². The Labute approximate surface area is 139 Å². The number of rotatable bonds is 5. The zero-order chi connectivity index (χ0) is 15.2. The third-order valence-corrected chi connectivity index (χ3v) is 4.31. The Hall–Kier alpha value is -1.26. The van der Waals surface area contributed by atoms with Crippen molar-refractivity contribution < 1.29 is 9.53 Å². The SMILES string of the molecule is CCN(C(=O)C1CCCNC1)C(C)c1cccc(OC)c1.Cl. The number of ether oxygens (including phenoxy) is 1. The highest BCUT2D eigenvalue weighted by Crippen LogP contribution is 2.26. The molecule has 1 aromatic rings. The maximum atomic E-state index is 12.8. The minimum absolute atomic E-state index is 0. The minimum atomic E-state index is 0. The van der Waals surface area contributed by atoms with Gasteiger partial charge >= 0.3 is 0 Å². The molecule has 2 unspecified atom stereocenters. The highest BCUT2D eigenvalue weighted by molar-refractivity contribution is 5.85. The molecule has 2 atom stereocenters. The van der Waals surface area contributed by atoms with E-state index in [1.165, 1.54) is 0 Å². The molecular weight excluding hydrogens is 300 g/mol. The lowest BCUT2D eigenvalue weighted by Crippen LogP contribution is -2.43. The number of hydrogen-bond donors (Lipinski definition) is 1. The third-order valence-electron chi connectivity index (χ3n) is 4.31. The van der Waals surface area contributed by atoms with Gasteiger partial charge in [-0.2, -0.15) is 0 Å². The maximum Gasteiger partial charge on any atom is 0.227 e. The van der Waals surface area contributed by atoms with Crippen LogP contribution in [-0.4, -0.2) is 37.6 Å². The second-order valence-electron chi connectivity index (χ2n) is 5.62. The number of amides is 1. The van der Waals surface area contributed by atoms with Crippen LogP contribution in [0.15, 0.2) is 24.3 Å².